The molecule has 1 aromatic heterocycles. The fourth-order valence-corrected chi connectivity index (χ4v) is 3.69. The van der Waals surface area contributed by atoms with Crippen molar-refractivity contribution in [1.82, 2.24) is 9.47 Å². The van der Waals surface area contributed by atoms with Gasteiger partial charge in [-0.3, -0.25) is 14.5 Å². The summed E-state index contributed by atoms with van der Waals surface area (Å²) in [4.78, 5) is 25.3. The number of Topliss-reactive ketones (excluding diaryl/α,β-unsaturated/α-hetero) is 1. The molecule has 0 spiro atoms. The minimum absolute atomic E-state index is 0.169. The number of carbonyl (C=O) groups excluding carboxylic acids is 1. The first kappa shape index (κ1) is 16.5. The van der Waals surface area contributed by atoms with Crippen molar-refractivity contribution in [3.63, 3.8) is 0 Å². The second kappa shape index (κ2) is 6.77. The fourth-order valence-electron chi connectivity index (χ4n) is 3.69. The maximum absolute atomic E-state index is 11.9. The van der Waals surface area contributed by atoms with Gasteiger partial charge >= 0.3 is 5.97 Å². The van der Waals surface area contributed by atoms with Crippen molar-refractivity contribution in [1.29, 1.82) is 0 Å². The van der Waals surface area contributed by atoms with Gasteiger partial charge in [0.2, 0.25) is 0 Å². The van der Waals surface area contributed by atoms with Crippen molar-refractivity contribution in [2.75, 3.05) is 13.1 Å². The van der Waals surface area contributed by atoms with Crippen LogP contribution in [-0.4, -0.2) is 39.4 Å². The van der Waals surface area contributed by atoms with E-state index in [4.69, 9.17) is 0 Å². The van der Waals surface area contributed by atoms with Crippen LogP contribution in [-0.2, 0) is 16.1 Å². The van der Waals surface area contributed by atoms with Crippen molar-refractivity contribution < 1.29 is 14.7 Å². The van der Waals surface area contributed by atoms with E-state index in [1.165, 1.54) is 0 Å². The summed E-state index contributed by atoms with van der Waals surface area (Å²) in [5.41, 5.74) is 3.29. The summed E-state index contributed by atoms with van der Waals surface area (Å²) in [5.74, 6) is -2.11. The van der Waals surface area contributed by atoms with E-state index in [-0.39, 0.29) is 12.3 Å². The zero-order chi connectivity index (χ0) is 18.1. The third kappa shape index (κ3) is 3.02. The average Bonchev–Trinajstić information content (AvgIpc) is 3.01. The number of likely N-dealkylation sites (tertiary alicyclic amines) is 1. The van der Waals surface area contributed by atoms with Crippen LogP contribution in [0.1, 0.15) is 12.1 Å². The predicted molar refractivity (Wildman–Crippen MR) is 99.3 cm³/mol. The Morgan fingerprint density at radius 3 is 2.58 bits per heavy atom. The van der Waals surface area contributed by atoms with E-state index in [0.717, 1.165) is 22.3 Å². The Hall–Kier alpha value is -2.92. The molecule has 5 heteroatoms. The molecule has 0 radical (unpaired) electrons. The highest BCUT2D eigenvalue weighted by Gasteiger charge is 2.33. The summed E-state index contributed by atoms with van der Waals surface area (Å²) in [6.45, 7) is 1.48. The number of fused-ring (bicyclic) bond motifs is 1. The summed E-state index contributed by atoms with van der Waals surface area (Å²) in [6.07, 6.45) is 0.294. The fraction of sp³-hybridized carbons (Fsp3) is 0.238. The maximum Gasteiger partial charge on any atom is 0.315 e. The van der Waals surface area contributed by atoms with E-state index in [1.54, 1.807) is 0 Å². The smallest absolute Gasteiger partial charge is 0.315 e. The summed E-state index contributed by atoms with van der Waals surface area (Å²) in [6, 6.07) is 20.5. The second-order valence-corrected chi connectivity index (χ2v) is 6.71. The monoisotopic (exact) mass is 348 g/mol. The molecule has 132 valence electrons. The van der Waals surface area contributed by atoms with Crippen LogP contribution in [0.15, 0.2) is 60.7 Å². The zero-order valence-corrected chi connectivity index (χ0v) is 14.3. The standard InChI is InChI=1S/C21H20N2O3/c24-20-10-11-22(14-18(20)21(25)26)13-17-12-15-6-4-5-9-19(15)23(17)16-7-2-1-3-8-16/h1-9,12,18H,10-11,13-14H2,(H,25,26). The summed E-state index contributed by atoms with van der Waals surface area (Å²) < 4.78 is 2.21. The Kier molecular flexibility index (Phi) is 4.31. The van der Waals surface area contributed by atoms with Gasteiger partial charge in [-0.05, 0) is 24.3 Å². The van der Waals surface area contributed by atoms with Crippen molar-refractivity contribution in [3.05, 3.63) is 66.4 Å². The molecule has 1 atom stereocenters. The number of benzene rings is 2. The second-order valence-electron chi connectivity index (χ2n) is 6.71. The molecule has 1 aliphatic heterocycles. The lowest BCUT2D eigenvalue weighted by molar-refractivity contribution is -0.149. The summed E-state index contributed by atoms with van der Waals surface area (Å²) in [5, 5.41) is 10.4. The van der Waals surface area contributed by atoms with E-state index in [1.807, 2.05) is 30.3 Å². The molecule has 3 aromatic rings. The highest BCUT2D eigenvalue weighted by molar-refractivity contribution is 5.99. The van der Waals surface area contributed by atoms with Gasteiger partial charge in [0.1, 0.15) is 11.7 Å². The molecule has 1 fully saturated rings. The Morgan fingerprint density at radius 1 is 1.08 bits per heavy atom. The van der Waals surface area contributed by atoms with Gasteiger partial charge in [-0.25, -0.2) is 0 Å². The van der Waals surface area contributed by atoms with Gasteiger partial charge in [-0.15, -0.1) is 0 Å². The van der Waals surface area contributed by atoms with Gasteiger partial charge in [0, 0.05) is 42.8 Å². The largest absolute Gasteiger partial charge is 0.481 e. The molecule has 2 aromatic carbocycles. The zero-order valence-electron chi connectivity index (χ0n) is 14.3. The minimum Gasteiger partial charge on any atom is -0.481 e. The van der Waals surface area contributed by atoms with Gasteiger partial charge in [-0.2, -0.15) is 0 Å². The Labute approximate surface area is 151 Å². The highest BCUT2D eigenvalue weighted by atomic mass is 16.4. The van der Waals surface area contributed by atoms with Crippen molar-refractivity contribution in [2.45, 2.75) is 13.0 Å². The number of carboxylic acids is 1. The number of piperidine rings is 1. The number of ketones is 1. The highest BCUT2D eigenvalue weighted by Crippen LogP contribution is 2.26. The molecule has 1 aliphatic rings. The number of aliphatic carboxylic acids is 1. The van der Waals surface area contributed by atoms with Gasteiger partial charge in [0.15, 0.2) is 0 Å². The van der Waals surface area contributed by atoms with Crippen LogP contribution in [0.5, 0.6) is 0 Å². The first-order chi connectivity index (χ1) is 12.6. The molecule has 0 amide bonds. The Morgan fingerprint density at radius 2 is 1.81 bits per heavy atom. The molecule has 1 N–H and O–H groups in total. The van der Waals surface area contributed by atoms with E-state index >= 15 is 0 Å². The summed E-state index contributed by atoms with van der Waals surface area (Å²) >= 11 is 0. The van der Waals surface area contributed by atoms with Gasteiger partial charge < -0.3 is 9.67 Å². The van der Waals surface area contributed by atoms with E-state index in [2.05, 4.69) is 39.8 Å². The number of carbonyl (C=O) groups is 2. The number of rotatable bonds is 4. The third-order valence-corrected chi connectivity index (χ3v) is 4.99. The Balaban J connectivity index is 1.71. The predicted octanol–water partition coefficient (Wildman–Crippen LogP) is 3.11. The molecule has 26 heavy (non-hydrogen) atoms. The number of hydrogen-bond acceptors (Lipinski definition) is 3. The SMILES string of the molecule is O=C(O)C1CN(Cc2cc3ccccc3n2-c2ccccc2)CCC1=O. The van der Waals surface area contributed by atoms with Crippen LogP contribution in [0.2, 0.25) is 0 Å². The molecule has 0 saturated carbocycles. The molecule has 2 heterocycles. The lowest BCUT2D eigenvalue weighted by Crippen LogP contribution is -2.44. The van der Waals surface area contributed by atoms with Crippen LogP contribution in [0.4, 0.5) is 0 Å². The topological polar surface area (TPSA) is 62.5 Å². The summed E-state index contributed by atoms with van der Waals surface area (Å²) in [7, 11) is 0. The van der Waals surface area contributed by atoms with Crippen LogP contribution in [0.25, 0.3) is 16.6 Å². The molecule has 1 unspecified atom stereocenters. The van der Waals surface area contributed by atoms with E-state index < -0.39 is 11.9 Å². The number of aromatic nitrogens is 1. The number of hydrogen-bond donors (Lipinski definition) is 1. The molecule has 5 nitrogen and oxygen atoms in total. The lowest BCUT2D eigenvalue weighted by atomic mass is 9.96. The number of para-hydroxylation sites is 2. The normalized spacial score (nSPS) is 18.3. The quantitative estimate of drug-likeness (QED) is 0.736. The Bertz CT molecular complexity index is 962. The third-order valence-electron chi connectivity index (χ3n) is 4.99. The van der Waals surface area contributed by atoms with Crippen LogP contribution >= 0.6 is 0 Å². The van der Waals surface area contributed by atoms with Crippen molar-refractivity contribution in [2.24, 2.45) is 5.92 Å². The van der Waals surface area contributed by atoms with Crippen LogP contribution < -0.4 is 0 Å². The minimum atomic E-state index is -1.02. The van der Waals surface area contributed by atoms with Gasteiger partial charge in [0.25, 0.3) is 0 Å². The molecule has 0 aliphatic carbocycles. The number of carboxylic acid groups (broad SMARTS) is 1. The van der Waals surface area contributed by atoms with Gasteiger partial charge in [0.05, 0.1) is 5.52 Å². The van der Waals surface area contributed by atoms with E-state index in [9.17, 15) is 14.7 Å². The average molecular weight is 348 g/mol. The van der Waals surface area contributed by atoms with Crippen molar-refractivity contribution in [3.8, 4) is 5.69 Å². The lowest BCUT2D eigenvalue weighted by Gasteiger charge is -2.30. The number of nitrogens with zero attached hydrogens (tertiary/aromatic N) is 2. The van der Waals surface area contributed by atoms with E-state index in [0.29, 0.717) is 19.5 Å². The first-order valence-corrected chi connectivity index (χ1v) is 8.76. The first-order valence-electron chi connectivity index (χ1n) is 8.76. The van der Waals surface area contributed by atoms with Crippen LogP contribution in [0.3, 0.4) is 0 Å². The molecule has 4 rings (SSSR count). The van der Waals surface area contributed by atoms with Gasteiger partial charge in [-0.1, -0.05) is 36.4 Å². The molecular formula is C21H20N2O3. The molecule has 1 saturated heterocycles. The van der Waals surface area contributed by atoms with Crippen LogP contribution in [0, 0.1) is 5.92 Å². The molecule has 0 bridgehead atoms. The van der Waals surface area contributed by atoms with Crippen molar-refractivity contribution >= 4 is 22.7 Å². The maximum atomic E-state index is 11.9. The molecular weight excluding hydrogens is 328 g/mol.